The molecular weight excluding hydrogens is 354 g/mol. The minimum Gasteiger partial charge on any atom is -0.351 e. The highest BCUT2D eigenvalue weighted by atomic mass is 19.1. The fourth-order valence-corrected chi connectivity index (χ4v) is 2.63. The van der Waals surface area contributed by atoms with Crippen LogP contribution in [0.15, 0.2) is 42.6 Å². The average Bonchev–Trinajstić information content (AvgIpc) is 2.98. The molecule has 27 heavy (non-hydrogen) atoms. The number of unbranched alkanes of at least 4 members (excludes halogenated alkanes) is 1. The highest BCUT2D eigenvalue weighted by molar-refractivity contribution is 6.08. The SMILES string of the molecule is CCCCNC(=O)c1c(NC(=O)c2cc(F)cc(F)c2)nc2ccccn12. The molecule has 0 aliphatic carbocycles. The minimum absolute atomic E-state index is 0.0184. The van der Waals surface area contributed by atoms with Crippen LogP contribution in [0.5, 0.6) is 0 Å². The summed E-state index contributed by atoms with van der Waals surface area (Å²) < 4.78 is 28.3. The molecular formula is C19H18F2N4O2. The van der Waals surface area contributed by atoms with Crippen LogP contribution in [0.2, 0.25) is 0 Å². The van der Waals surface area contributed by atoms with Gasteiger partial charge in [-0.25, -0.2) is 13.8 Å². The van der Waals surface area contributed by atoms with E-state index in [9.17, 15) is 18.4 Å². The van der Waals surface area contributed by atoms with Crippen LogP contribution in [0, 0.1) is 11.6 Å². The quantitative estimate of drug-likeness (QED) is 0.651. The van der Waals surface area contributed by atoms with Crippen LogP contribution in [-0.4, -0.2) is 27.7 Å². The number of carbonyl (C=O) groups is 2. The third kappa shape index (κ3) is 4.11. The second kappa shape index (κ2) is 7.94. The lowest BCUT2D eigenvalue weighted by atomic mass is 10.2. The van der Waals surface area contributed by atoms with Crippen molar-refractivity contribution in [3.05, 3.63) is 65.5 Å². The number of anilines is 1. The van der Waals surface area contributed by atoms with E-state index in [-0.39, 0.29) is 17.1 Å². The zero-order valence-corrected chi connectivity index (χ0v) is 14.6. The maximum atomic E-state index is 13.4. The number of benzene rings is 1. The van der Waals surface area contributed by atoms with Gasteiger partial charge in [0.1, 0.15) is 17.3 Å². The van der Waals surface area contributed by atoms with Crippen molar-refractivity contribution in [3.8, 4) is 0 Å². The molecule has 1 aromatic carbocycles. The summed E-state index contributed by atoms with van der Waals surface area (Å²) in [5, 5.41) is 5.26. The topological polar surface area (TPSA) is 75.5 Å². The molecule has 3 rings (SSSR count). The van der Waals surface area contributed by atoms with Gasteiger partial charge in [0.25, 0.3) is 11.8 Å². The predicted molar refractivity (Wildman–Crippen MR) is 96.7 cm³/mol. The molecule has 8 heteroatoms. The van der Waals surface area contributed by atoms with Gasteiger partial charge in [-0.05, 0) is 30.7 Å². The fourth-order valence-electron chi connectivity index (χ4n) is 2.63. The van der Waals surface area contributed by atoms with Crippen molar-refractivity contribution < 1.29 is 18.4 Å². The molecule has 3 aromatic rings. The van der Waals surface area contributed by atoms with Crippen LogP contribution in [0.4, 0.5) is 14.6 Å². The first-order valence-electron chi connectivity index (χ1n) is 8.52. The number of imidazole rings is 1. The lowest BCUT2D eigenvalue weighted by Crippen LogP contribution is -2.27. The van der Waals surface area contributed by atoms with Gasteiger partial charge in [-0.15, -0.1) is 0 Å². The molecule has 6 nitrogen and oxygen atoms in total. The van der Waals surface area contributed by atoms with Crippen molar-refractivity contribution in [2.75, 3.05) is 11.9 Å². The summed E-state index contributed by atoms with van der Waals surface area (Å²) in [5.41, 5.74) is 0.396. The Bertz CT molecular complexity index is 980. The molecule has 2 amide bonds. The summed E-state index contributed by atoms with van der Waals surface area (Å²) in [6.45, 7) is 2.49. The zero-order valence-electron chi connectivity index (χ0n) is 14.6. The third-order valence-electron chi connectivity index (χ3n) is 3.92. The largest absolute Gasteiger partial charge is 0.351 e. The van der Waals surface area contributed by atoms with Crippen molar-refractivity contribution in [1.29, 1.82) is 0 Å². The monoisotopic (exact) mass is 372 g/mol. The van der Waals surface area contributed by atoms with Gasteiger partial charge in [-0.2, -0.15) is 0 Å². The van der Waals surface area contributed by atoms with Crippen LogP contribution >= 0.6 is 0 Å². The lowest BCUT2D eigenvalue weighted by Gasteiger charge is -2.08. The normalized spacial score (nSPS) is 10.8. The van der Waals surface area contributed by atoms with E-state index in [2.05, 4.69) is 15.6 Å². The van der Waals surface area contributed by atoms with E-state index in [4.69, 9.17) is 0 Å². The number of nitrogens with one attached hydrogen (secondary N) is 2. The molecule has 2 heterocycles. The molecule has 0 spiro atoms. The predicted octanol–water partition coefficient (Wildman–Crippen LogP) is 3.39. The number of rotatable bonds is 6. The molecule has 0 saturated carbocycles. The first-order valence-corrected chi connectivity index (χ1v) is 8.52. The molecule has 0 aliphatic rings. The van der Waals surface area contributed by atoms with Gasteiger partial charge < -0.3 is 10.6 Å². The van der Waals surface area contributed by atoms with Crippen LogP contribution in [0.25, 0.3) is 5.65 Å². The Labute approximate surface area is 154 Å². The second-order valence-electron chi connectivity index (χ2n) is 5.96. The summed E-state index contributed by atoms with van der Waals surface area (Å²) in [7, 11) is 0. The van der Waals surface area contributed by atoms with E-state index in [1.807, 2.05) is 6.92 Å². The van der Waals surface area contributed by atoms with Crippen LogP contribution in [-0.2, 0) is 0 Å². The van der Waals surface area contributed by atoms with Crippen LogP contribution < -0.4 is 10.6 Å². The highest BCUT2D eigenvalue weighted by Gasteiger charge is 2.21. The smallest absolute Gasteiger partial charge is 0.272 e. The molecule has 140 valence electrons. The molecule has 0 saturated heterocycles. The zero-order chi connectivity index (χ0) is 19.4. The van der Waals surface area contributed by atoms with E-state index in [0.717, 1.165) is 25.0 Å². The maximum absolute atomic E-state index is 13.4. The summed E-state index contributed by atoms with van der Waals surface area (Å²) in [5.74, 6) is -2.88. The maximum Gasteiger partial charge on any atom is 0.272 e. The van der Waals surface area contributed by atoms with E-state index >= 15 is 0 Å². The van der Waals surface area contributed by atoms with Gasteiger partial charge in [0.15, 0.2) is 11.5 Å². The van der Waals surface area contributed by atoms with Crippen molar-refractivity contribution in [2.24, 2.45) is 0 Å². The number of hydrogen-bond donors (Lipinski definition) is 2. The first-order chi connectivity index (χ1) is 13.0. The number of fused-ring (bicyclic) bond motifs is 1. The van der Waals surface area contributed by atoms with Gasteiger partial charge in [-0.1, -0.05) is 19.4 Å². The molecule has 0 aliphatic heterocycles. The Hall–Kier alpha value is -3.29. The average molecular weight is 372 g/mol. The van der Waals surface area contributed by atoms with Gasteiger partial charge in [-0.3, -0.25) is 14.0 Å². The van der Waals surface area contributed by atoms with Gasteiger partial charge in [0, 0.05) is 24.4 Å². The molecule has 2 aromatic heterocycles. The van der Waals surface area contributed by atoms with E-state index in [1.165, 1.54) is 0 Å². The van der Waals surface area contributed by atoms with Crippen molar-refractivity contribution in [1.82, 2.24) is 14.7 Å². The van der Waals surface area contributed by atoms with E-state index < -0.39 is 23.4 Å². The standard InChI is InChI=1S/C19H18F2N4O2/c1-2-3-7-22-19(27)16-17(23-15-6-4-5-8-25(15)16)24-18(26)12-9-13(20)11-14(21)10-12/h4-6,8-11H,2-3,7H2,1H3,(H,22,27)(H,24,26). The Balaban J connectivity index is 1.94. The van der Waals surface area contributed by atoms with Crippen LogP contribution in [0.1, 0.15) is 40.6 Å². The molecule has 0 fully saturated rings. The molecule has 0 bridgehead atoms. The molecule has 0 radical (unpaired) electrons. The number of halogens is 2. The van der Waals surface area contributed by atoms with Gasteiger partial charge in [0.2, 0.25) is 0 Å². The summed E-state index contributed by atoms with van der Waals surface area (Å²) in [4.78, 5) is 29.3. The Morgan fingerprint density at radius 3 is 2.56 bits per heavy atom. The summed E-state index contributed by atoms with van der Waals surface area (Å²) in [6.07, 6.45) is 3.38. The van der Waals surface area contributed by atoms with Crippen LogP contribution in [0.3, 0.4) is 0 Å². The number of amides is 2. The molecule has 0 unspecified atom stereocenters. The number of aromatic nitrogens is 2. The van der Waals surface area contributed by atoms with Gasteiger partial charge in [0.05, 0.1) is 0 Å². The van der Waals surface area contributed by atoms with Crippen molar-refractivity contribution in [2.45, 2.75) is 19.8 Å². The minimum atomic E-state index is -0.868. The van der Waals surface area contributed by atoms with Crippen molar-refractivity contribution in [3.63, 3.8) is 0 Å². The van der Waals surface area contributed by atoms with Gasteiger partial charge >= 0.3 is 0 Å². The second-order valence-corrected chi connectivity index (χ2v) is 5.96. The van der Waals surface area contributed by atoms with E-state index in [1.54, 1.807) is 28.8 Å². The summed E-state index contributed by atoms with van der Waals surface area (Å²) in [6, 6.07) is 7.65. The summed E-state index contributed by atoms with van der Waals surface area (Å²) >= 11 is 0. The first kappa shape index (κ1) is 18.5. The Kier molecular flexibility index (Phi) is 5.44. The number of pyridine rings is 1. The number of carbonyl (C=O) groups excluding carboxylic acids is 2. The molecule has 2 N–H and O–H groups in total. The van der Waals surface area contributed by atoms with Crippen molar-refractivity contribution >= 4 is 23.3 Å². The Morgan fingerprint density at radius 2 is 1.85 bits per heavy atom. The lowest BCUT2D eigenvalue weighted by molar-refractivity contribution is 0.0948. The number of nitrogens with zero attached hydrogens (tertiary/aromatic N) is 2. The highest BCUT2D eigenvalue weighted by Crippen LogP contribution is 2.19. The number of hydrogen-bond acceptors (Lipinski definition) is 3. The third-order valence-corrected chi connectivity index (χ3v) is 3.92. The van der Waals surface area contributed by atoms with E-state index in [0.29, 0.717) is 18.3 Å². The fraction of sp³-hybridized carbons (Fsp3) is 0.211. The molecule has 0 atom stereocenters. The Morgan fingerprint density at radius 1 is 1.11 bits per heavy atom.